The van der Waals surface area contributed by atoms with E-state index in [2.05, 4.69) is 29.6 Å². The lowest BCUT2D eigenvalue weighted by Gasteiger charge is -2.19. The van der Waals surface area contributed by atoms with Crippen LogP contribution >= 0.6 is 0 Å². The molecule has 2 atom stereocenters. The molecule has 1 fully saturated rings. The minimum atomic E-state index is 0.136. The molecule has 0 spiro atoms. The second kappa shape index (κ2) is 6.00. The summed E-state index contributed by atoms with van der Waals surface area (Å²) in [4.78, 5) is 11.8. The summed E-state index contributed by atoms with van der Waals surface area (Å²) in [6, 6.07) is 18.5. The Balaban J connectivity index is 1.80. The number of rotatable bonds is 4. The molecule has 0 saturated carbocycles. The SMILES string of the molecule is COc1ccc(C2CC(=O)NC2Cc2ccccc2)cc1. The largest absolute Gasteiger partial charge is 0.497 e. The molecule has 3 rings (SSSR count). The van der Waals surface area contributed by atoms with Crippen LogP contribution in [0.15, 0.2) is 54.6 Å². The maximum atomic E-state index is 11.8. The van der Waals surface area contributed by atoms with Crippen LogP contribution < -0.4 is 10.1 Å². The van der Waals surface area contributed by atoms with E-state index in [0.29, 0.717) is 6.42 Å². The molecule has 3 nitrogen and oxygen atoms in total. The molecule has 0 aliphatic carbocycles. The highest BCUT2D eigenvalue weighted by Gasteiger charge is 2.33. The van der Waals surface area contributed by atoms with Crippen molar-refractivity contribution >= 4 is 5.91 Å². The first-order chi connectivity index (χ1) is 10.3. The average Bonchev–Trinajstić information content (AvgIpc) is 2.89. The lowest BCUT2D eigenvalue weighted by atomic mass is 9.88. The summed E-state index contributed by atoms with van der Waals surface area (Å²) < 4.78 is 5.19. The van der Waals surface area contributed by atoms with E-state index in [1.165, 1.54) is 11.1 Å². The molecule has 1 aliphatic rings. The number of carbonyl (C=O) groups excluding carboxylic acids is 1. The van der Waals surface area contributed by atoms with Crippen molar-refractivity contribution in [3.05, 3.63) is 65.7 Å². The van der Waals surface area contributed by atoms with Crippen molar-refractivity contribution < 1.29 is 9.53 Å². The average molecular weight is 281 g/mol. The second-order valence-corrected chi connectivity index (χ2v) is 5.45. The fourth-order valence-corrected chi connectivity index (χ4v) is 2.97. The first-order valence-electron chi connectivity index (χ1n) is 7.23. The standard InChI is InChI=1S/C18H19NO2/c1-21-15-9-7-14(8-10-15)16-12-18(20)19-17(16)11-13-5-3-2-4-6-13/h2-10,16-17H,11-12H2,1H3,(H,19,20). The van der Waals surface area contributed by atoms with E-state index in [1.54, 1.807) is 7.11 Å². The Labute approximate surface area is 124 Å². The molecular weight excluding hydrogens is 262 g/mol. The lowest BCUT2D eigenvalue weighted by Crippen LogP contribution is -2.30. The highest BCUT2D eigenvalue weighted by atomic mass is 16.5. The number of ether oxygens (including phenoxy) is 1. The van der Waals surface area contributed by atoms with Gasteiger partial charge in [-0.2, -0.15) is 0 Å². The molecule has 1 aliphatic heterocycles. The van der Waals surface area contributed by atoms with Gasteiger partial charge in [-0.3, -0.25) is 4.79 Å². The van der Waals surface area contributed by atoms with Gasteiger partial charge in [0.25, 0.3) is 0 Å². The topological polar surface area (TPSA) is 38.3 Å². The molecule has 0 radical (unpaired) electrons. The van der Waals surface area contributed by atoms with Gasteiger partial charge in [-0.05, 0) is 29.7 Å². The molecule has 1 heterocycles. The van der Waals surface area contributed by atoms with Gasteiger partial charge in [-0.1, -0.05) is 42.5 Å². The van der Waals surface area contributed by atoms with Gasteiger partial charge in [0.05, 0.1) is 7.11 Å². The number of methoxy groups -OCH3 is 1. The number of hydrogen-bond acceptors (Lipinski definition) is 2. The van der Waals surface area contributed by atoms with Crippen LogP contribution in [-0.2, 0) is 11.2 Å². The quantitative estimate of drug-likeness (QED) is 0.935. The summed E-state index contributed by atoms with van der Waals surface area (Å²) in [7, 11) is 1.66. The van der Waals surface area contributed by atoms with E-state index >= 15 is 0 Å². The molecule has 108 valence electrons. The van der Waals surface area contributed by atoms with Crippen LogP contribution in [-0.4, -0.2) is 19.1 Å². The molecule has 0 aromatic heterocycles. The van der Waals surface area contributed by atoms with Crippen molar-refractivity contribution in [2.45, 2.75) is 24.8 Å². The van der Waals surface area contributed by atoms with Gasteiger partial charge >= 0.3 is 0 Å². The monoisotopic (exact) mass is 281 g/mol. The Hall–Kier alpha value is -2.29. The Morgan fingerprint density at radius 3 is 2.48 bits per heavy atom. The molecular formula is C18H19NO2. The molecule has 1 amide bonds. The van der Waals surface area contributed by atoms with Crippen LogP contribution in [0.5, 0.6) is 5.75 Å². The molecule has 3 heteroatoms. The van der Waals surface area contributed by atoms with Crippen molar-refractivity contribution in [3.63, 3.8) is 0 Å². The summed E-state index contributed by atoms with van der Waals surface area (Å²) in [6.07, 6.45) is 1.42. The zero-order chi connectivity index (χ0) is 14.7. The fourth-order valence-electron chi connectivity index (χ4n) is 2.97. The zero-order valence-corrected chi connectivity index (χ0v) is 12.1. The normalized spacial score (nSPS) is 21.1. The van der Waals surface area contributed by atoms with E-state index in [1.807, 2.05) is 30.3 Å². The zero-order valence-electron chi connectivity index (χ0n) is 12.1. The molecule has 1 saturated heterocycles. The van der Waals surface area contributed by atoms with Gasteiger partial charge in [0.2, 0.25) is 5.91 Å². The number of amides is 1. The van der Waals surface area contributed by atoms with Crippen LogP contribution in [0, 0.1) is 0 Å². The maximum Gasteiger partial charge on any atom is 0.220 e. The van der Waals surface area contributed by atoms with Crippen molar-refractivity contribution in [3.8, 4) is 5.75 Å². The predicted molar refractivity (Wildman–Crippen MR) is 82.4 cm³/mol. The lowest BCUT2D eigenvalue weighted by molar-refractivity contribution is -0.119. The second-order valence-electron chi connectivity index (χ2n) is 5.45. The van der Waals surface area contributed by atoms with E-state index in [9.17, 15) is 4.79 Å². The molecule has 2 unspecified atom stereocenters. The molecule has 2 aromatic rings. The number of nitrogens with one attached hydrogen (secondary N) is 1. The third-order valence-corrected chi connectivity index (χ3v) is 4.08. The first-order valence-corrected chi connectivity index (χ1v) is 7.23. The first kappa shape index (κ1) is 13.7. The fraction of sp³-hybridized carbons (Fsp3) is 0.278. The summed E-state index contributed by atoms with van der Waals surface area (Å²) in [5, 5.41) is 3.11. The Bertz CT molecular complexity index is 607. The summed E-state index contributed by atoms with van der Waals surface area (Å²) in [5.41, 5.74) is 2.44. The van der Waals surface area contributed by atoms with E-state index in [4.69, 9.17) is 4.74 Å². The minimum absolute atomic E-state index is 0.136. The van der Waals surface area contributed by atoms with Gasteiger partial charge in [-0.25, -0.2) is 0 Å². The van der Waals surface area contributed by atoms with Crippen molar-refractivity contribution in [2.75, 3.05) is 7.11 Å². The van der Waals surface area contributed by atoms with Gasteiger partial charge in [0, 0.05) is 18.4 Å². The van der Waals surface area contributed by atoms with Gasteiger partial charge in [0.1, 0.15) is 5.75 Å². The highest BCUT2D eigenvalue weighted by molar-refractivity contribution is 5.80. The molecule has 2 aromatic carbocycles. The third kappa shape index (κ3) is 3.07. The van der Waals surface area contributed by atoms with E-state index in [0.717, 1.165) is 12.2 Å². The maximum absolute atomic E-state index is 11.8. The van der Waals surface area contributed by atoms with Crippen molar-refractivity contribution in [1.82, 2.24) is 5.32 Å². The number of hydrogen-bond donors (Lipinski definition) is 1. The van der Waals surface area contributed by atoms with Crippen molar-refractivity contribution in [1.29, 1.82) is 0 Å². The van der Waals surface area contributed by atoms with Gasteiger partial charge in [0.15, 0.2) is 0 Å². The summed E-state index contributed by atoms with van der Waals surface area (Å²) in [6.45, 7) is 0. The minimum Gasteiger partial charge on any atom is -0.497 e. The molecule has 21 heavy (non-hydrogen) atoms. The Morgan fingerprint density at radius 1 is 1.10 bits per heavy atom. The van der Waals surface area contributed by atoms with E-state index < -0.39 is 0 Å². The Morgan fingerprint density at radius 2 is 1.81 bits per heavy atom. The van der Waals surface area contributed by atoms with Crippen molar-refractivity contribution in [2.24, 2.45) is 0 Å². The summed E-state index contributed by atoms with van der Waals surface area (Å²) in [5.74, 6) is 1.20. The molecule has 0 bridgehead atoms. The van der Waals surface area contributed by atoms with E-state index in [-0.39, 0.29) is 17.9 Å². The van der Waals surface area contributed by atoms with Crippen LogP contribution in [0.3, 0.4) is 0 Å². The highest BCUT2D eigenvalue weighted by Crippen LogP contribution is 2.31. The smallest absolute Gasteiger partial charge is 0.220 e. The van der Waals surface area contributed by atoms with Crippen LogP contribution in [0.2, 0.25) is 0 Å². The summed E-state index contributed by atoms with van der Waals surface area (Å²) >= 11 is 0. The number of benzene rings is 2. The van der Waals surface area contributed by atoms with Crippen LogP contribution in [0.1, 0.15) is 23.5 Å². The predicted octanol–water partition coefficient (Wildman–Crippen LogP) is 2.91. The van der Waals surface area contributed by atoms with Crippen LogP contribution in [0.25, 0.3) is 0 Å². The van der Waals surface area contributed by atoms with Gasteiger partial charge < -0.3 is 10.1 Å². The van der Waals surface area contributed by atoms with Crippen LogP contribution in [0.4, 0.5) is 0 Å². The molecule has 1 N–H and O–H groups in total. The third-order valence-electron chi connectivity index (χ3n) is 4.08. The Kier molecular flexibility index (Phi) is 3.91. The van der Waals surface area contributed by atoms with Gasteiger partial charge in [-0.15, -0.1) is 0 Å². The number of carbonyl (C=O) groups is 1.